The van der Waals surface area contributed by atoms with Gasteiger partial charge in [0, 0.05) is 19.3 Å². The van der Waals surface area contributed by atoms with Crippen LogP contribution in [0.25, 0.3) is 0 Å². The van der Waals surface area contributed by atoms with Gasteiger partial charge in [-0.3, -0.25) is 9.48 Å². The van der Waals surface area contributed by atoms with Crippen molar-refractivity contribution in [3.8, 4) is 0 Å². The molecule has 1 heterocycles. The van der Waals surface area contributed by atoms with E-state index >= 15 is 0 Å². The molecule has 118 valence electrons. The van der Waals surface area contributed by atoms with E-state index in [-0.39, 0.29) is 12.3 Å². The van der Waals surface area contributed by atoms with Crippen LogP contribution in [0.15, 0.2) is 0 Å². The number of hydrogen-bond acceptors (Lipinski definition) is 3. The summed E-state index contributed by atoms with van der Waals surface area (Å²) in [5.41, 5.74) is 2.60. The van der Waals surface area contributed by atoms with E-state index in [1.807, 2.05) is 25.6 Å². The predicted molar refractivity (Wildman–Crippen MR) is 82.0 cm³/mol. The van der Waals surface area contributed by atoms with Crippen molar-refractivity contribution in [2.75, 3.05) is 6.54 Å². The third kappa shape index (κ3) is 4.06. The molecule has 1 saturated carbocycles. The van der Waals surface area contributed by atoms with Crippen LogP contribution in [0.3, 0.4) is 0 Å². The SMILES string of the molecule is Cc1nn(C)c(C)c1CCNC(=O)CC1(O)CCCCC1. The highest BCUT2D eigenvalue weighted by Gasteiger charge is 2.31. The highest BCUT2D eigenvalue weighted by molar-refractivity contribution is 5.77. The van der Waals surface area contributed by atoms with Crippen molar-refractivity contribution in [2.45, 2.75) is 64.4 Å². The number of aliphatic hydroxyl groups is 1. The van der Waals surface area contributed by atoms with E-state index in [0.29, 0.717) is 6.54 Å². The van der Waals surface area contributed by atoms with Crippen LogP contribution in [0, 0.1) is 13.8 Å². The Morgan fingerprint density at radius 2 is 2.00 bits per heavy atom. The van der Waals surface area contributed by atoms with Gasteiger partial charge in [0.25, 0.3) is 0 Å². The number of aromatic nitrogens is 2. The molecule has 1 fully saturated rings. The van der Waals surface area contributed by atoms with Crippen LogP contribution in [0.1, 0.15) is 55.5 Å². The van der Waals surface area contributed by atoms with Crippen molar-refractivity contribution in [2.24, 2.45) is 7.05 Å². The van der Waals surface area contributed by atoms with Gasteiger partial charge in [-0.2, -0.15) is 5.10 Å². The molecule has 0 aliphatic heterocycles. The summed E-state index contributed by atoms with van der Waals surface area (Å²) < 4.78 is 1.87. The molecule has 0 spiro atoms. The maximum atomic E-state index is 12.0. The molecule has 0 atom stereocenters. The number of carbonyl (C=O) groups excluding carboxylic acids is 1. The highest BCUT2D eigenvalue weighted by Crippen LogP contribution is 2.30. The molecule has 0 saturated heterocycles. The van der Waals surface area contributed by atoms with E-state index in [9.17, 15) is 9.90 Å². The van der Waals surface area contributed by atoms with E-state index in [0.717, 1.165) is 43.5 Å². The molecule has 1 aromatic heterocycles. The fourth-order valence-electron chi connectivity index (χ4n) is 3.25. The molecule has 1 aliphatic rings. The number of amides is 1. The summed E-state index contributed by atoms with van der Waals surface area (Å²) in [6, 6.07) is 0. The van der Waals surface area contributed by atoms with E-state index in [1.165, 1.54) is 12.0 Å². The van der Waals surface area contributed by atoms with Gasteiger partial charge in [0.2, 0.25) is 5.91 Å². The average Bonchev–Trinajstić information content (AvgIpc) is 2.65. The largest absolute Gasteiger partial charge is 0.389 e. The molecule has 1 aliphatic carbocycles. The van der Waals surface area contributed by atoms with Gasteiger partial charge >= 0.3 is 0 Å². The molecule has 0 unspecified atom stereocenters. The van der Waals surface area contributed by atoms with Gasteiger partial charge in [0.05, 0.1) is 17.7 Å². The van der Waals surface area contributed by atoms with Crippen molar-refractivity contribution in [1.82, 2.24) is 15.1 Å². The van der Waals surface area contributed by atoms with Gasteiger partial charge in [-0.1, -0.05) is 19.3 Å². The third-order valence-corrected chi connectivity index (χ3v) is 4.63. The van der Waals surface area contributed by atoms with Crippen LogP contribution >= 0.6 is 0 Å². The van der Waals surface area contributed by atoms with E-state index < -0.39 is 5.60 Å². The zero-order chi connectivity index (χ0) is 15.5. The first-order valence-corrected chi connectivity index (χ1v) is 7.89. The van der Waals surface area contributed by atoms with Crippen molar-refractivity contribution in [1.29, 1.82) is 0 Å². The van der Waals surface area contributed by atoms with E-state index in [2.05, 4.69) is 10.4 Å². The van der Waals surface area contributed by atoms with Crippen LogP contribution in [0.4, 0.5) is 0 Å². The van der Waals surface area contributed by atoms with Crippen molar-refractivity contribution >= 4 is 5.91 Å². The average molecular weight is 293 g/mol. The van der Waals surface area contributed by atoms with Gasteiger partial charge in [-0.05, 0) is 38.7 Å². The van der Waals surface area contributed by atoms with Gasteiger partial charge in [0.1, 0.15) is 0 Å². The molecule has 0 radical (unpaired) electrons. The second kappa shape index (κ2) is 6.60. The third-order valence-electron chi connectivity index (χ3n) is 4.63. The Hall–Kier alpha value is -1.36. The molecule has 21 heavy (non-hydrogen) atoms. The Balaban J connectivity index is 1.79. The minimum atomic E-state index is -0.775. The molecule has 2 rings (SSSR count). The summed E-state index contributed by atoms with van der Waals surface area (Å²) in [6.07, 6.45) is 5.75. The first kappa shape index (κ1) is 16.0. The molecule has 5 nitrogen and oxygen atoms in total. The van der Waals surface area contributed by atoms with Crippen LogP contribution < -0.4 is 5.32 Å². The molecule has 0 bridgehead atoms. The Labute approximate surface area is 126 Å². The van der Waals surface area contributed by atoms with Gasteiger partial charge in [-0.25, -0.2) is 0 Å². The second-order valence-electron chi connectivity index (χ2n) is 6.33. The lowest BCUT2D eigenvalue weighted by Crippen LogP contribution is -2.38. The summed E-state index contributed by atoms with van der Waals surface area (Å²) in [4.78, 5) is 12.0. The standard InChI is InChI=1S/C16H27N3O2/c1-12-14(13(2)19(3)18-12)7-10-17-15(20)11-16(21)8-5-4-6-9-16/h21H,4-11H2,1-3H3,(H,17,20). The molecule has 1 amide bonds. The molecule has 0 aromatic carbocycles. The predicted octanol–water partition coefficient (Wildman–Crippen LogP) is 1.78. The smallest absolute Gasteiger partial charge is 0.222 e. The summed E-state index contributed by atoms with van der Waals surface area (Å²) in [6.45, 7) is 4.64. The number of aryl methyl sites for hydroxylation is 2. The van der Waals surface area contributed by atoms with E-state index in [1.54, 1.807) is 0 Å². The number of carbonyl (C=O) groups is 1. The minimum absolute atomic E-state index is 0.0430. The lowest BCUT2D eigenvalue weighted by atomic mass is 9.82. The lowest BCUT2D eigenvalue weighted by molar-refractivity contribution is -0.127. The normalized spacial score (nSPS) is 17.7. The molecule has 1 aromatic rings. The maximum Gasteiger partial charge on any atom is 0.222 e. The first-order valence-electron chi connectivity index (χ1n) is 7.89. The van der Waals surface area contributed by atoms with Crippen molar-refractivity contribution < 1.29 is 9.90 Å². The Morgan fingerprint density at radius 3 is 2.57 bits per heavy atom. The topological polar surface area (TPSA) is 67.2 Å². The van der Waals surface area contributed by atoms with Crippen LogP contribution in [-0.2, 0) is 18.3 Å². The number of rotatable bonds is 5. The maximum absolute atomic E-state index is 12.0. The summed E-state index contributed by atoms with van der Waals surface area (Å²) in [7, 11) is 1.93. The van der Waals surface area contributed by atoms with Crippen molar-refractivity contribution in [3.63, 3.8) is 0 Å². The molecule has 5 heteroatoms. The fraction of sp³-hybridized carbons (Fsp3) is 0.750. The van der Waals surface area contributed by atoms with Crippen LogP contribution in [-0.4, -0.2) is 32.9 Å². The monoisotopic (exact) mass is 293 g/mol. The zero-order valence-electron chi connectivity index (χ0n) is 13.4. The number of nitrogens with one attached hydrogen (secondary N) is 1. The number of nitrogens with zero attached hydrogens (tertiary/aromatic N) is 2. The second-order valence-corrected chi connectivity index (χ2v) is 6.33. The number of hydrogen-bond donors (Lipinski definition) is 2. The highest BCUT2D eigenvalue weighted by atomic mass is 16.3. The van der Waals surface area contributed by atoms with Gasteiger partial charge in [-0.15, -0.1) is 0 Å². The summed E-state index contributed by atoms with van der Waals surface area (Å²) in [5, 5.41) is 17.7. The quantitative estimate of drug-likeness (QED) is 0.869. The van der Waals surface area contributed by atoms with Crippen LogP contribution in [0.2, 0.25) is 0 Å². The van der Waals surface area contributed by atoms with Crippen molar-refractivity contribution in [3.05, 3.63) is 17.0 Å². The fourth-order valence-corrected chi connectivity index (χ4v) is 3.25. The Morgan fingerprint density at radius 1 is 1.33 bits per heavy atom. The zero-order valence-corrected chi connectivity index (χ0v) is 13.4. The van der Waals surface area contributed by atoms with Crippen LogP contribution in [0.5, 0.6) is 0 Å². The van der Waals surface area contributed by atoms with E-state index in [4.69, 9.17) is 0 Å². The molecular formula is C16H27N3O2. The summed E-state index contributed by atoms with van der Waals surface area (Å²) in [5.74, 6) is -0.0430. The summed E-state index contributed by atoms with van der Waals surface area (Å²) >= 11 is 0. The lowest BCUT2D eigenvalue weighted by Gasteiger charge is -2.31. The Bertz CT molecular complexity index is 502. The van der Waals surface area contributed by atoms with Gasteiger partial charge < -0.3 is 10.4 Å². The first-order chi connectivity index (χ1) is 9.91. The van der Waals surface area contributed by atoms with Gasteiger partial charge in [0.15, 0.2) is 0 Å². The molecular weight excluding hydrogens is 266 g/mol. The minimum Gasteiger partial charge on any atom is -0.389 e. The Kier molecular flexibility index (Phi) is 5.04. The molecule has 2 N–H and O–H groups in total.